The van der Waals surface area contributed by atoms with Gasteiger partial charge in [-0.05, 0) is 13.0 Å². The first-order valence-corrected chi connectivity index (χ1v) is 4.75. The summed E-state index contributed by atoms with van der Waals surface area (Å²) in [6, 6.07) is 0. The Morgan fingerprint density at radius 3 is 2.50 bits per heavy atom. The van der Waals surface area contributed by atoms with Gasteiger partial charge in [0.15, 0.2) is 6.29 Å². The first-order chi connectivity index (χ1) is 6.83. The van der Waals surface area contributed by atoms with Gasteiger partial charge in [0.25, 0.3) is 0 Å². The maximum Gasteiger partial charge on any atom is 0.152 e. The van der Waals surface area contributed by atoms with Gasteiger partial charge in [0.1, 0.15) is 0 Å². The summed E-state index contributed by atoms with van der Waals surface area (Å²) >= 11 is 0. The molecule has 2 nitrogen and oxygen atoms in total. The number of aromatic nitrogens is 1. The highest BCUT2D eigenvalue weighted by Crippen LogP contribution is 2.15. The number of nitrogens with one attached hydrogen (secondary N) is 1. The Hall–Kier alpha value is -1.57. The number of H-pyrrole nitrogens is 1. The topological polar surface area (TPSA) is 32.9 Å². The number of rotatable bonds is 3. The van der Waals surface area contributed by atoms with Crippen LogP contribution in [-0.2, 0) is 0 Å². The van der Waals surface area contributed by atoms with Gasteiger partial charge in [0, 0.05) is 23.0 Å². The minimum absolute atomic E-state index is 0.669. The second-order valence-corrected chi connectivity index (χ2v) is 2.39. The summed E-state index contributed by atoms with van der Waals surface area (Å²) in [6.07, 6.45) is 7.99. The standard InChI is InChI=1S/C10H11NO.C2H6/c1-3-5-9-8(7-12)6-11-10(9)4-2;1-2/h3-7,11H,2H2,1H3;1-2H3/b5-3-;. The van der Waals surface area contributed by atoms with E-state index in [1.807, 2.05) is 32.9 Å². The SMILES string of the molecule is C=Cc1[nH]cc(C=O)c1/C=C\C.CC. The van der Waals surface area contributed by atoms with Gasteiger partial charge in [-0.1, -0.05) is 32.6 Å². The van der Waals surface area contributed by atoms with Crippen LogP contribution in [0.3, 0.4) is 0 Å². The number of aromatic amines is 1. The third-order valence-electron chi connectivity index (χ3n) is 1.65. The third-order valence-corrected chi connectivity index (χ3v) is 1.65. The van der Waals surface area contributed by atoms with E-state index in [1.54, 1.807) is 12.3 Å². The van der Waals surface area contributed by atoms with Crippen LogP contribution >= 0.6 is 0 Å². The van der Waals surface area contributed by atoms with Crippen molar-refractivity contribution in [1.29, 1.82) is 0 Å². The molecule has 0 bridgehead atoms. The van der Waals surface area contributed by atoms with Crippen LogP contribution < -0.4 is 0 Å². The van der Waals surface area contributed by atoms with E-state index < -0.39 is 0 Å². The van der Waals surface area contributed by atoms with Gasteiger partial charge in [0.2, 0.25) is 0 Å². The molecule has 2 heteroatoms. The van der Waals surface area contributed by atoms with E-state index in [2.05, 4.69) is 11.6 Å². The Balaban J connectivity index is 0.000000791. The Labute approximate surface area is 85.3 Å². The number of aldehydes is 1. The molecule has 1 aromatic heterocycles. The van der Waals surface area contributed by atoms with E-state index in [1.165, 1.54) is 0 Å². The molecule has 0 aliphatic rings. The highest BCUT2D eigenvalue weighted by Gasteiger charge is 2.03. The fourth-order valence-electron chi connectivity index (χ4n) is 1.09. The first-order valence-electron chi connectivity index (χ1n) is 4.75. The van der Waals surface area contributed by atoms with E-state index in [0.29, 0.717) is 5.56 Å². The molecular weight excluding hydrogens is 174 g/mol. The quantitative estimate of drug-likeness (QED) is 0.728. The van der Waals surface area contributed by atoms with Crippen molar-refractivity contribution >= 4 is 18.4 Å². The Morgan fingerprint density at radius 1 is 1.43 bits per heavy atom. The Bertz CT molecular complexity index is 296. The maximum atomic E-state index is 10.5. The fraction of sp³-hybridized carbons (Fsp3) is 0.250. The van der Waals surface area contributed by atoms with Crippen molar-refractivity contribution in [2.24, 2.45) is 0 Å². The molecule has 0 amide bonds. The summed E-state index contributed by atoms with van der Waals surface area (Å²) in [5, 5.41) is 0. The van der Waals surface area contributed by atoms with Crippen molar-refractivity contribution < 1.29 is 4.79 Å². The summed E-state index contributed by atoms with van der Waals surface area (Å²) < 4.78 is 0. The van der Waals surface area contributed by atoms with Crippen LogP contribution in [0, 0.1) is 0 Å². The monoisotopic (exact) mass is 191 g/mol. The second-order valence-electron chi connectivity index (χ2n) is 2.39. The molecule has 0 aliphatic carbocycles. The van der Waals surface area contributed by atoms with Gasteiger partial charge in [-0.15, -0.1) is 0 Å². The van der Waals surface area contributed by atoms with Crippen LogP contribution in [0.25, 0.3) is 12.2 Å². The van der Waals surface area contributed by atoms with Crippen LogP contribution in [0.5, 0.6) is 0 Å². The predicted molar refractivity (Wildman–Crippen MR) is 62.3 cm³/mol. The van der Waals surface area contributed by atoms with E-state index in [9.17, 15) is 4.79 Å². The Kier molecular flexibility index (Phi) is 6.12. The van der Waals surface area contributed by atoms with Gasteiger partial charge in [-0.2, -0.15) is 0 Å². The largest absolute Gasteiger partial charge is 0.360 e. The molecule has 1 heterocycles. The van der Waals surface area contributed by atoms with Gasteiger partial charge in [-0.25, -0.2) is 0 Å². The number of hydrogen-bond donors (Lipinski definition) is 1. The van der Waals surface area contributed by atoms with E-state index in [-0.39, 0.29) is 0 Å². The summed E-state index contributed by atoms with van der Waals surface area (Å²) in [6.45, 7) is 9.55. The molecule has 0 aromatic carbocycles. The molecule has 0 unspecified atom stereocenters. The molecule has 0 saturated heterocycles. The zero-order valence-electron chi connectivity index (χ0n) is 9.00. The minimum Gasteiger partial charge on any atom is -0.360 e. The molecule has 1 rings (SSSR count). The molecule has 76 valence electrons. The first kappa shape index (κ1) is 12.4. The van der Waals surface area contributed by atoms with Crippen LogP contribution in [0.2, 0.25) is 0 Å². The lowest BCUT2D eigenvalue weighted by molar-refractivity contribution is 0.112. The highest BCUT2D eigenvalue weighted by atomic mass is 16.1. The molecule has 0 saturated carbocycles. The molecule has 14 heavy (non-hydrogen) atoms. The second kappa shape index (κ2) is 6.89. The van der Waals surface area contributed by atoms with Crippen LogP contribution in [0.1, 0.15) is 42.4 Å². The van der Waals surface area contributed by atoms with Crippen molar-refractivity contribution in [3.05, 3.63) is 35.7 Å². The van der Waals surface area contributed by atoms with Gasteiger partial charge >= 0.3 is 0 Å². The molecule has 0 radical (unpaired) electrons. The molecule has 0 atom stereocenters. The third kappa shape index (κ3) is 2.73. The average Bonchev–Trinajstić information content (AvgIpc) is 2.64. The van der Waals surface area contributed by atoms with Crippen LogP contribution in [0.15, 0.2) is 18.9 Å². The summed E-state index contributed by atoms with van der Waals surface area (Å²) in [5.41, 5.74) is 2.46. The molecule has 0 aliphatic heterocycles. The Morgan fingerprint density at radius 2 is 2.07 bits per heavy atom. The van der Waals surface area contributed by atoms with Gasteiger partial charge in [-0.3, -0.25) is 4.79 Å². The van der Waals surface area contributed by atoms with Crippen LogP contribution in [-0.4, -0.2) is 11.3 Å². The fourth-order valence-corrected chi connectivity index (χ4v) is 1.09. The van der Waals surface area contributed by atoms with Crippen LogP contribution in [0.4, 0.5) is 0 Å². The number of hydrogen-bond acceptors (Lipinski definition) is 1. The maximum absolute atomic E-state index is 10.5. The molecule has 0 spiro atoms. The number of carbonyl (C=O) groups is 1. The number of allylic oxidation sites excluding steroid dienone is 1. The van der Waals surface area contributed by atoms with Crippen molar-refractivity contribution in [1.82, 2.24) is 4.98 Å². The molecule has 0 fully saturated rings. The van der Waals surface area contributed by atoms with Gasteiger partial charge in [0.05, 0.1) is 0 Å². The summed E-state index contributed by atoms with van der Waals surface area (Å²) in [4.78, 5) is 13.5. The smallest absolute Gasteiger partial charge is 0.152 e. The molecule has 1 N–H and O–H groups in total. The van der Waals surface area contributed by atoms with E-state index >= 15 is 0 Å². The lowest BCUT2D eigenvalue weighted by Gasteiger charge is -1.91. The van der Waals surface area contributed by atoms with Crippen molar-refractivity contribution in [2.75, 3.05) is 0 Å². The summed E-state index contributed by atoms with van der Waals surface area (Å²) in [5.74, 6) is 0. The average molecular weight is 191 g/mol. The van der Waals surface area contributed by atoms with E-state index in [0.717, 1.165) is 17.5 Å². The normalized spacial score (nSPS) is 9.36. The lowest BCUT2D eigenvalue weighted by Crippen LogP contribution is -1.80. The van der Waals surface area contributed by atoms with Crippen molar-refractivity contribution in [3.8, 4) is 0 Å². The molecular formula is C12H17NO. The summed E-state index contributed by atoms with van der Waals surface area (Å²) in [7, 11) is 0. The lowest BCUT2D eigenvalue weighted by atomic mass is 10.1. The molecule has 1 aromatic rings. The minimum atomic E-state index is 0.669. The van der Waals surface area contributed by atoms with Gasteiger partial charge < -0.3 is 4.98 Å². The van der Waals surface area contributed by atoms with Crippen molar-refractivity contribution in [3.63, 3.8) is 0 Å². The zero-order valence-corrected chi connectivity index (χ0v) is 9.00. The number of carbonyl (C=O) groups excluding carboxylic acids is 1. The predicted octanol–water partition coefficient (Wildman–Crippen LogP) is 3.53. The van der Waals surface area contributed by atoms with Crippen molar-refractivity contribution in [2.45, 2.75) is 20.8 Å². The van der Waals surface area contributed by atoms with E-state index in [4.69, 9.17) is 0 Å². The zero-order chi connectivity index (χ0) is 11.0. The highest BCUT2D eigenvalue weighted by molar-refractivity contribution is 5.84.